The first kappa shape index (κ1) is 12.7. The summed E-state index contributed by atoms with van der Waals surface area (Å²) >= 11 is 1.36. The minimum atomic E-state index is -0.458. The van der Waals surface area contributed by atoms with Gasteiger partial charge in [0.15, 0.2) is 5.03 Å². The maximum Gasteiger partial charge on any atom is 0.319 e. The van der Waals surface area contributed by atoms with Crippen molar-refractivity contribution in [1.82, 2.24) is 9.97 Å². The molecule has 0 aromatic carbocycles. The number of aromatic nitrogens is 2. The van der Waals surface area contributed by atoms with Crippen molar-refractivity contribution in [2.75, 3.05) is 11.9 Å². The first-order chi connectivity index (χ1) is 7.54. The van der Waals surface area contributed by atoms with Crippen molar-refractivity contribution >= 4 is 23.4 Å². The van der Waals surface area contributed by atoms with Crippen LogP contribution in [0.2, 0.25) is 0 Å². The normalized spacial score (nSPS) is 10.5. The van der Waals surface area contributed by atoms with E-state index in [4.69, 9.17) is 0 Å². The van der Waals surface area contributed by atoms with Crippen molar-refractivity contribution in [2.45, 2.75) is 31.0 Å². The molecule has 1 rings (SSSR count). The summed E-state index contributed by atoms with van der Waals surface area (Å²) in [6.07, 6.45) is 1.25. The molecule has 16 heavy (non-hydrogen) atoms. The Morgan fingerprint density at radius 3 is 2.81 bits per heavy atom. The van der Waals surface area contributed by atoms with E-state index in [1.807, 2.05) is 20.8 Å². The molecule has 88 valence electrons. The van der Waals surface area contributed by atoms with E-state index < -0.39 is 4.92 Å². The maximum atomic E-state index is 10.8. The van der Waals surface area contributed by atoms with Gasteiger partial charge in [0.05, 0.1) is 4.92 Å². The lowest BCUT2D eigenvalue weighted by atomic mass is 10.5. The number of thioether (sulfide) groups is 1. The minimum Gasteiger partial charge on any atom is -0.354 e. The number of nitrogens with zero attached hydrogens (tertiary/aromatic N) is 3. The van der Waals surface area contributed by atoms with Gasteiger partial charge in [0.1, 0.15) is 6.20 Å². The van der Waals surface area contributed by atoms with E-state index in [2.05, 4.69) is 15.3 Å². The largest absolute Gasteiger partial charge is 0.354 e. The predicted octanol–water partition coefficient (Wildman–Crippen LogP) is 2.32. The zero-order valence-electron chi connectivity index (χ0n) is 9.43. The molecule has 0 aliphatic carbocycles. The van der Waals surface area contributed by atoms with Gasteiger partial charge in [-0.3, -0.25) is 10.1 Å². The van der Waals surface area contributed by atoms with Gasteiger partial charge in [-0.1, -0.05) is 25.6 Å². The van der Waals surface area contributed by atoms with Crippen molar-refractivity contribution in [2.24, 2.45) is 0 Å². The molecule has 0 aliphatic heterocycles. The van der Waals surface area contributed by atoms with Gasteiger partial charge in [-0.05, 0) is 6.92 Å². The van der Waals surface area contributed by atoms with Gasteiger partial charge in [-0.2, -0.15) is 4.98 Å². The zero-order valence-corrected chi connectivity index (χ0v) is 10.2. The number of nitro groups is 1. The highest BCUT2D eigenvalue weighted by Gasteiger charge is 2.18. The first-order valence-electron chi connectivity index (χ1n) is 4.96. The molecule has 1 aromatic rings. The van der Waals surface area contributed by atoms with Crippen LogP contribution in [0.15, 0.2) is 11.2 Å². The third kappa shape index (κ3) is 3.34. The number of nitrogens with one attached hydrogen (secondary N) is 1. The van der Waals surface area contributed by atoms with E-state index in [0.717, 1.165) is 0 Å². The van der Waals surface area contributed by atoms with Crippen LogP contribution in [0.1, 0.15) is 20.8 Å². The second kappa shape index (κ2) is 5.64. The molecule has 0 atom stereocenters. The lowest BCUT2D eigenvalue weighted by molar-refractivity contribution is -0.388. The van der Waals surface area contributed by atoms with E-state index in [1.165, 1.54) is 18.0 Å². The average molecular weight is 242 g/mol. The summed E-state index contributed by atoms with van der Waals surface area (Å²) in [6.45, 7) is 6.52. The molecule has 1 heterocycles. The molecule has 0 bridgehead atoms. The van der Waals surface area contributed by atoms with Crippen LogP contribution in [-0.4, -0.2) is 26.7 Å². The van der Waals surface area contributed by atoms with Crippen molar-refractivity contribution in [3.05, 3.63) is 16.3 Å². The van der Waals surface area contributed by atoms with Crippen LogP contribution in [0.3, 0.4) is 0 Å². The summed E-state index contributed by atoms with van der Waals surface area (Å²) in [6, 6.07) is 0. The minimum absolute atomic E-state index is 0.0413. The Bertz CT molecular complexity index is 384. The van der Waals surface area contributed by atoms with Crippen molar-refractivity contribution in [3.63, 3.8) is 0 Å². The van der Waals surface area contributed by atoms with Crippen LogP contribution in [0.4, 0.5) is 11.6 Å². The fourth-order valence-corrected chi connectivity index (χ4v) is 1.87. The Morgan fingerprint density at radius 2 is 2.31 bits per heavy atom. The van der Waals surface area contributed by atoms with Crippen LogP contribution in [0.25, 0.3) is 0 Å². The lowest BCUT2D eigenvalue weighted by Crippen LogP contribution is -2.05. The standard InChI is InChI=1S/C9H14N4O2S/c1-4-10-9-11-5-7(13(14)15)8(12-9)16-6(2)3/h5-6H,4H2,1-3H3,(H,10,11,12). The second-order valence-corrected chi connectivity index (χ2v) is 4.90. The molecular weight excluding hydrogens is 228 g/mol. The molecule has 0 aliphatic rings. The fourth-order valence-electron chi connectivity index (χ4n) is 1.04. The monoisotopic (exact) mass is 242 g/mol. The van der Waals surface area contributed by atoms with Gasteiger partial charge >= 0.3 is 5.69 Å². The molecule has 0 unspecified atom stereocenters. The van der Waals surface area contributed by atoms with Gasteiger partial charge in [-0.25, -0.2) is 4.98 Å². The van der Waals surface area contributed by atoms with Crippen molar-refractivity contribution < 1.29 is 4.92 Å². The van der Waals surface area contributed by atoms with Gasteiger partial charge in [-0.15, -0.1) is 0 Å². The number of hydrogen-bond donors (Lipinski definition) is 1. The summed E-state index contributed by atoms with van der Waals surface area (Å²) in [7, 11) is 0. The summed E-state index contributed by atoms with van der Waals surface area (Å²) < 4.78 is 0. The summed E-state index contributed by atoms with van der Waals surface area (Å²) in [4.78, 5) is 18.3. The molecule has 1 aromatic heterocycles. The highest BCUT2D eigenvalue weighted by Crippen LogP contribution is 2.30. The molecule has 0 fully saturated rings. The Morgan fingerprint density at radius 1 is 1.62 bits per heavy atom. The lowest BCUT2D eigenvalue weighted by Gasteiger charge is -2.06. The van der Waals surface area contributed by atoms with E-state index in [-0.39, 0.29) is 10.9 Å². The highest BCUT2D eigenvalue weighted by molar-refractivity contribution is 7.99. The van der Waals surface area contributed by atoms with E-state index in [9.17, 15) is 10.1 Å². The molecule has 0 radical (unpaired) electrons. The molecule has 1 N–H and O–H groups in total. The van der Waals surface area contributed by atoms with Crippen molar-refractivity contribution in [3.8, 4) is 0 Å². The fraction of sp³-hybridized carbons (Fsp3) is 0.556. The molecular formula is C9H14N4O2S. The molecule has 0 saturated carbocycles. The summed E-state index contributed by atoms with van der Waals surface area (Å²) in [5.41, 5.74) is -0.0413. The van der Waals surface area contributed by atoms with E-state index in [1.54, 1.807) is 0 Å². The van der Waals surface area contributed by atoms with E-state index >= 15 is 0 Å². The zero-order chi connectivity index (χ0) is 12.1. The average Bonchev–Trinajstić information content (AvgIpc) is 2.16. The third-order valence-electron chi connectivity index (χ3n) is 1.61. The highest BCUT2D eigenvalue weighted by atomic mass is 32.2. The quantitative estimate of drug-likeness (QED) is 0.369. The van der Waals surface area contributed by atoms with Crippen LogP contribution < -0.4 is 5.32 Å². The molecule has 6 nitrogen and oxygen atoms in total. The van der Waals surface area contributed by atoms with Crippen LogP contribution in [0, 0.1) is 10.1 Å². The SMILES string of the molecule is CCNc1ncc([N+](=O)[O-])c(SC(C)C)n1. The van der Waals surface area contributed by atoms with E-state index in [0.29, 0.717) is 17.5 Å². The maximum absolute atomic E-state index is 10.8. The smallest absolute Gasteiger partial charge is 0.319 e. The van der Waals surface area contributed by atoms with Gasteiger partial charge < -0.3 is 5.32 Å². The molecule has 7 heteroatoms. The van der Waals surface area contributed by atoms with Gasteiger partial charge in [0.2, 0.25) is 5.95 Å². The first-order valence-corrected chi connectivity index (χ1v) is 5.84. The Labute approximate surface area is 98.0 Å². The van der Waals surface area contributed by atoms with Gasteiger partial charge in [0, 0.05) is 11.8 Å². The van der Waals surface area contributed by atoms with Crippen LogP contribution in [0.5, 0.6) is 0 Å². The number of anilines is 1. The van der Waals surface area contributed by atoms with Gasteiger partial charge in [0.25, 0.3) is 0 Å². The Hall–Kier alpha value is -1.37. The molecule has 0 spiro atoms. The number of rotatable bonds is 5. The number of hydrogen-bond acceptors (Lipinski definition) is 6. The Balaban J connectivity index is 3.05. The second-order valence-electron chi connectivity index (χ2n) is 3.34. The third-order valence-corrected chi connectivity index (χ3v) is 2.61. The van der Waals surface area contributed by atoms with Crippen LogP contribution in [-0.2, 0) is 0 Å². The van der Waals surface area contributed by atoms with Crippen molar-refractivity contribution in [1.29, 1.82) is 0 Å². The molecule has 0 amide bonds. The summed E-state index contributed by atoms with van der Waals surface area (Å²) in [5.74, 6) is 0.427. The topological polar surface area (TPSA) is 81.0 Å². The van der Waals surface area contributed by atoms with Crippen LogP contribution >= 0.6 is 11.8 Å². The molecule has 0 saturated heterocycles. The Kier molecular flexibility index (Phi) is 4.48. The predicted molar refractivity (Wildman–Crippen MR) is 63.8 cm³/mol. The summed E-state index contributed by atoms with van der Waals surface area (Å²) in [5, 5.41) is 14.3.